The van der Waals surface area contributed by atoms with Crippen molar-refractivity contribution in [2.75, 3.05) is 13.2 Å². The number of hydrogen-bond donors (Lipinski definition) is 3. The van der Waals surface area contributed by atoms with Crippen LogP contribution in [0.4, 0.5) is 4.79 Å². The molecule has 0 radical (unpaired) electrons. The van der Waals surface area contributed by atoms with Gasteiger partial charge in [-0.2, -0.15) is 0 Å². The SMILES string of the molecule is CC(C)COc1ccccc1CNC(=O)NC(C)CO. The van der Waals surface area contributed by atoms with E-state index in [0.717, 1.165) is 11.3 Å². The molecule has 1 aromatic carbocycles. The lowest BCUT2D eigenvalue weighted by Crippen LogP contribution is -2.42. The fourth-order valence-electron chi connectivity index (χ4n) is 1.54. The number of amides is 2. The van der Waals surface area contributed by atoms with E-state index in [1.807, 2.05) is 24.3 Å². The van der Waals surface area contributed by atoms with E-state index >= 15 is 0 Å². The van der Waals surface area contributed by atoms with Gasteiger partial charge in [0.2, 0.25) is 0 Å². The van der Waals surface area contributed by atoms with Gasteiger partial charge in [0.1, 0.15) is 5.75 Å². The van der Waals surface area contributed by atoms with Crippen molar-refractivity contribution in [1.29, 1.82) is 0 Å². The zero-order valence-corrected chi connectivity index (χ0v) is 12.3. The van der Waals surface area contributed by atoms with E-state index in [9.17, 15) is 4.79 Å². The molecule has 0 aliphatic heterocycles. The van der Waals surface area contributed by atoms with Crippen molar-refractivity contribution >= 4 is 6.03 Å². The smallest absolute Gasteiger partial charge is 0.315 e. The molecule has 20 heavy (non-hydrogen) atoms. The molecule has 1 atom stereocenters. The van der Waals surface area contributed by atoms with Crippen LogP contribution >= 0.6 is 0 Å². The Bertz CT molecular complexity index is 421. The van der Waals surface area contributed by atoms with E-state index in [4.69, 9.17) is 9.84 Å². The second-order valence-corrected chi connectivity index (χ2v) is 5.22. The maximum absolute atomic E-state index is 11.6. The number of carbonyl (C=O) groups excluding carboxylic acids is 1. The lowest BCUT2D eigenvalue weighted by molar-refractivity contribution is 0.220. The van der Waals surface area contributed by atoms with Crippen molar-refractivity contribution in [2.45, 2.75) is 33.4 Å². The molecule has 1 aromatic rings. The van der Waals surface area contributed by atoms with E-state index in [1.54, 1.807) is 6.92 Å². The minimum absolute atomic E-state index is 0.0818. The molecule has 5 nitrogen and oxygen atoms in total. The number of carbonyl (C=O) groups is 1. The van der Waals surface area contributed by atoms with E-state index < -0.39 is 0 Å². The van der Waals surface area contributed by atoms with Crippen LogP contribution in [0.3, 0.4) is 0 Å². The molecule has 0 aliphatic rings. The Hall–Kier alpha value is -1.75. The van der Waals surface area contributed by atoms with Crippen LogP contribution in [0.5, 0.6) is 5.75 Å². The lowest BCUT2D eigenvalue weighted by atomic mass is 10.2. The number of aliphatic hydroxyl groups is 1. The van der Waals surface area contributed by atoms with Crippen LogP contribution in [-0.4, -0.2) is 30.4 Å². The first-order valence-corrected chi connectivity index (χ1v) is 6.88. The van der Waals surface area contributed by atoms with E-state index in [1.165, 1.54) is 0 Å². The third kappa shape index (κ3) is 5.93. The molecular weight excluding hydrogens is 256 g/mol. The molecule has 0 bridgehead atoms. The van der Waals surface area contributed by atoms with Gasteiger partial charge >= 0.3 is 6.03 Å². The van der Waals surface area contributed by atoms with Crippen molar-refractivity contribution < 1.29 is 14.6 Å². The molecule has 1 rings (SSSR count). The summed E-state index contributed by atoms with van der Waals surface area (Å²) < 4.78 is 5.72. The normalized spacial score (nSPS) is 12.1. The van der Waals surface area contributed by atoms with Crippen molar-refractivity contribution in [3.8, 4) is 5.75 Å². The number of benzene rings is 1. The highest BCUT2D eigenvalue weighted by Gasteiger charge is 2.08. The van der Waals surface area contributed by atoms with Crippen molar-refractivity contribution in [3.63, 3.8) is 0 Å². The molecule has 0 fully saturated rings. The van der Waals surface area contributed by atoms with Crippen LogP contribution in [0.25, 0.3) is 0 Å². The number of rotatable bonds is 7. The number of para-hydroxylation sites is 1. The number of nitrogens with one attached hydrogen (secondary N) is 2. The Morgan fingerprint density at radius 3 is 2.65 bits per heavy atom. The summed E-state index contributed by atoms with van der Waals surface area (Å²) in [6, 6.07) is 7.08. The van der Waals surface area contributed by atoms with Crippen LogP contribution in [0.15, 0.2) is 24.3 Å². The minimum Gasteiger partial charge on any atom is -0.493 e. The zero-order valence-electron chi connectivity index (χ0n) is 12.3. The summed E-state index contributed by atoms with van der Waals surface area (Å²) in [7, 11) is 0. The van der Waals surface area contributed by atoms with Crippen LogP contribution < -0.4 is 15.4 Å². The first-order chi connectivity index (χ1) is 9.52. The first kappa shape index (κ1) is 16.3. The van der Waals surface area contributed by atoms with Crippen molar-refractivity contribution in [3.05, 3.63) is 29.8 Å². The van der Waals surface area contributed by atoms with Gasteiger partial charge in [-0.15, -0.1) is 0 Å². The Morgan fingerprint density at radius 2 is 2.00 bits per heavy atom. The molecule has 0 saturated carbocycles. The number of hydrogen-bond acceptors (Lipinski definition) is 3. The highest BCUT2D eigenvalue weighted by Crippen LogP contribution is 2.18. The van der Waals surface area contributed by atoms with Gasteiger partial charge in [-0.1, -0.05) is 32.0 Å². The quantitative estimate of drug-likeness (QED) is 0.714. The van der Waals surface area contributed by atoms with Gasteiger partial charge in [0.15, 0.2) is 0 Å². The second-order valence-electron chi connectivity index (χ2n) is 5.22. The topological polar surface area (TPSA) is 70.6 Å². The van der Waals surface area contributed by atoms with Gasteiger partial charge in [0, 0.05) is 12.1 Å². The number of urea groups is 1. The third-order valence-corrected chi connectivity index (χ3v) is 2.64. The molecule has 0 aliphatic carbocycles. The molecule has 1 unspecified atom stereocenters. The number of ether oxygens (including phenoxy) is 1. The van der Waals surface area contributed by atoms with E-state index in [2.05, 4.69) is 24.5 Å². The summed E-state index contributed by atoms with van der Waals surface area (Å²) in [4.78, 5) is 11.6. The molecule has 3 N–H and O–H groups in total. The fourth-order valence-corrected chi connectivity index (χ4v) is 1.54. The standard InChI is InChI=1S/C15H24N2O3/c1-11(2)10-20-14-7-5-4-6-13(14)8-16-15(19)17-12(3)9-18/h4-7,11-12,18H,8-10H2,1-3H3,(H2,16,17,19). The zero-order chi connectivity index (χ0) is 15.0. The van der Waals surface area contributed by atoms with E-state index in [-0.39, 0.29) is 18.7 Å². The summed E-state index contributed by atoms with van der Waals surface area (Å²) in [5.74, 6) is 1.24. The molecule has 5 heteroatoms. The Balaban J connectivity index is 2.52. The Morgan fingerprint density at radius 1 is 1.30 bits per heavy atom. The molecule has 112 valence electrons. The highest BCUT2D eigenvalue weighted by molar-refractivity contribution is 5.74. The largest absolute Gasteiger partial charge is 0.493 e. The van der Waals surface area contributed by atoms with Crippen molar-refractivity contribution in [1.82, 2.24) is 10.6 Å². The summed E-state index contributed by atoms with van der Waals surface area (Å²) >= 11 is 0. The minimum atomic E-state index is -0.301. The lowest BCUT2D eigenvalue weighted by Gasteiger charge is -2.15. The van der Waals surface area contributed by atoms with Crippen LogP contribution in [0.2, 0.25) is 0 Å². The summed E-state index contributed by atoms with van der Waals surface area (Å²) in [6.45, 7) is 6.86. The predicted octanol–water partition coefficient (Wildman–Crippen LogP) is 1.90. The average molecular weight is 280 g/mol. The number of aliphatic hydroxyl groups excluding tert-OH is 1. The van der Waals surface area contributed by atoms with Gasteiger partial charge in [0.05, 0.1) is 19.3 Å². The second kappa shape index (κ2) is 8.43. The summed E-state index contributed by atoms with van der Waals surface area (Å²) in [5.41, 5.74) is 0.931. The predicted molar refractivity (Wildman–Crippen MR) is 78.7 cm³/mol. The van der Waals surface area contributed by atoms with Crippen molar-refractivity contribution in [2.24, 2.45) is 5.92 Å². The van der Waals surface area contributed by atoms with Crippen LogP contribution in [0, 0.1) is 5.92 Å². The first-order valence-electron chi connectivity index (χ1n) is 6.88. The highest BCUT2D eigenvalue weighted by atomic mass is 16.5. The fraction of sp³-hybridized carbons (Fsp3) is 0.533. The van der Waals surface area contributed by atoms with Gasteiger partial charge in [0.25, 0.3) is 0 Å². The third-order valence-electron chi connectivity index (χ3n) is 2.64. The molecule has 0 spiro atoms. The van der Waals surface area contributed by atoms with Gasteiger partial charge < -0.3 is 20.5 Å². The van der Waals surface area contributed by atoms with Crippen LogP contribution in [-0.2, 0) is 6.54 Å². The Kier molecular flexibility index (Phi) is 6.87. The average Bonchev–Trinajstić information content (AvgIpc) is 2.43. The maximum Gasteiger partial charge on any atom is 0.315 e. The molecule has 0 saturated heterocycles. The summed E-state index contributed by atoms with van der Waals surface area (Å²) in [6.07, 6.45) is 0. The van der Waals surface area contributed by atoms with Crippen LogP contribution in [0.1, 0.15) is 26.3 Å². The van der Waals surface area contributed by atoms with E-state index in [0.29, 0.717) is 19.1 Å². The van der Waals surface area contributed by atoms with Gasteiger partial charge in [-0.3, -0.25) is 0 Å². The molecular formula is C15H24N2O3. The van der Waals surface area contributed by atoms with Gasteiger partial charge in [-0.05, 0) is 18.9 Å². The maximum atomic E-state index is 11.6. The van der Waals surface area contributed by atoms with Gasteiger partial charge in [-0.25, -0.2) is 4.79 Å². The molecule has 0 heterocycles. The molecule has 2 amide bonds. The summed E-state index contributed by atoms with van der Waals surface area (Å²) in [5, 5.41) is 14.3. The molecule has 0 aromatic heterocycles. The Labute approximate surface area is 120 Å². The monoisotopic (exact) mass is 280 g/mol.